The highest BCUT2D eigenvalue weighted by molar-refractivity contribution is 9.10. The van der Waals surface area contributed by atoms with Crippen molar-refractivity contribution in [1.82, 2.24) is 9.97 Å². The second kappa shape index (κ2) is 9.85. The molecule has 0 spiro atoms. The van der Waals surface area contributed by atoms with E-state index in [1.54, 1.807) is 18.3 Å². The van der Waals surface area contributed by atoms with Crippen LogP contribution in [0, 0.1) is 0 Å². The second-order valence-corrected chi connectivity index (χ2v) is 8.63. The van der Waals surface area contributed by atoms with E-state index in [0.717, 1.165) is 38.1 Å². The van der Waals surface area contributed by atoms with Gasteiger partial charge >= 0.3 is 0 Å². The summed E-state index contributed by atoms with van der Waals surface area (Å²) in [6, 6.07) is 30.4. The Bertz CT molecular complexity index is 1450. The van der Waals surface area contributed by atoms with Gasteiger partial charge in [0.15, 0.2) is 0 Å². The molecule has 0 aliphatic carbocycles. The number of hydrogen-bond donors (Lipinski definition) is 1. The first-order chi connectivity index (χ1) is 16.6. The number of ether oxygens (including phenoxy) is 1. The maximum atomic E-state index is 12.8. The minimum atomic E-state index is -0.179. The Labute approximate surface area is 205 Å². The molecule has 0 radical (unpaired) electrons. The lowest BCUT2D eigenvalue weighted by molar-refractivity contribution is 0.102. The van der Waals surface area contributed by atoms with Gasteiger partial charge in [-0.1, -0.05) is 52.3 Å². The second-order valence-electron chi connectivity index (χ2n) is 7.72. The smallest absolute Gasteiger partial charge is 0.255 e. The summed E-state index contributed by atoms with van der Waals surface area (Å²) in [5.41, 5.74) is 5.57. The summed E-state index contributed by atoms with van der Waals surface area (Å²) in [4.78, 5) is 22.0. The quantitative estimate of drug-likeness (QED) is 0.270. The van der Waals surface area contributed by atoms with Crippen molar-refractivity contribution in [2.75, 3.05) is 5.32 Å². The molecule has 5 aromatic rings. The summed E-state index contributed by atoms with van der Waals surface area (Å²) in [5, 5.41) is 2.97. The molecular weight excluding hydrogens is 490 g/mol. The average Bonchev–Trinajstić information content (AvgIpc) is 2.88. The first-order valence-corrected chi connectivity index (χ1v) is 11.5. The molecular formula is C28H20BrN3O2. The normalized spacial score (nSPS) is 10.7. The standard InChI is InChI=1S/C28H20BrN3O2/c29-22-12-14-24(15-13-22)34-18-19-8-10-20(11-9-19)28(33)31-23-5-3-4-21(16-23)27-17-30-25-6-1-2-7-26(25)32-27/h1-17H,18H2,(H,31,33). The van der Waals surface area contributed by atoms with E-state index >= 15 is 0 Å². The van der Waals surface area contributed by atoms with Crippen LogP contribution in [0.3, 0.4) is 0 Å². The van der Waals surface area contributed by atoms with Crippen LogP contribution in [0.5, 0.6) is 5.75 Å². The third kappa shape index (κ3) is 5.13. The molecule has 5 nitrogen and oxygen atoms in total. The summed E-state index contributed by atoms with van der Waals surface area (Å²) in [6.45, 7) is 0.429. The molecule has 1 amide bonds. The number of carbonyl (C=O) groups is 1. The fourth-order valence-corrected chi connectivity index (χ4v) is 3.77. The topological polar surface area (TPSA) is 64.1 Å². The van der Waals surface area contributed by atoms with E-state index in [-0.39, 0.29) is 5.91 Å². The number of aromatic nitrogens is 2. The van der Waals surface area contributed by atoms with E-state index < -0.39 is 0 Å². The molecule has 0 aliphatic rings. The van der Waals surface area contributed by atoms with Crippen LogP contribution in [-0.2, 0) is 6.61 Å². The highest BCUT2D eigenvalue weighted by atomic mass is 79.9. The maximum absolute atomic E-state index is 12.8. The van der Waals surface area contributed by atoms with Gasteiger partial charge in [-0.05, 0) is 66.2 Å². The highest BCUT2D eigenvalue weighted by Crippen LogP contribution is 2.23. The Kier molecular flexibility index (Phi) is 6.31. The van der Waals surface area contributed by atoms with Crippen LogP contribution in [-0.4, -0.2) is 15.9 Å². The summed E-state index contributed by atoms with van der Waals surface area (Å²) < 4.78 is 6.80. The molecule has 34 heavy (non-hydrogen) atoms. The number of hydrogen-bond acceptors (Lipinski definition) is 4. The Hall–Kier alpha value is -4.03. The summed E-state index contributed by atoms with van der Waals surface area (Å²) in [5.74, 6) is 0.614. The van der Waals surface area contributed by atoms with Crippen molar-refractivity contribution >= 4 is 38.6 Å². The number of nitrogens with one attached hydrogen (secondary N) is 1. The molecule has 0 fully saturated rings. The average molecular weight is 510 g/mol. The van der Waals surface area contributed by atoms with E-state index in [2.05, 4.69) is 31.2 Å². The number of nitrogens with zero attached hydrogens (tertiary/aromatic N) is 2. The van der Waals surface area contributed by atoms with Crippen LogP contribution in [0.1, 0.15) is 15.9 Å². The van der Waals surface area contributed by atoms with Gasteiger partial charge in [-0.25, -0.2) is 4.98 Å². The van der Waals surface area contributed by atoms with Gasteiger partial charge < -0.3 is 10.1 Å². The predicted octanol–water partition coefficient (Wildman–Crippen LogP) is 6.89. The van der Waals surface area contributed by atoms with Crippen molar-refractivity contribution in [3.05, 3.63) is 119 Å². The van der Waals surface area contributed by atoms with Crippen LogP contribution in [0.2, 0.25) is 0 Å². The number of fused-ring (bicyclic) bond motifs is 1. The molecule has 166 valence electrons. The van der Waals surface area contributed by atoms with Gasteiger partial charge in [0.25, 0.3) is 5.91 Å². The molecule has 1 aromatic heterocycles. The molecule has 0 saturated heterocycles. The molecule has 4 aromatic carbocycles. The minimum absolute atomic E-state index is 0.179. The van der Waals surface area contributed by atoms with Crippen molar-refractivity contribution in [3.8, 4) is 17.0 Å². The van der Waals surface area contributed by atoms with E-state index in [0.29, 0.717) is 17.9 Å². The van der Waals surface area contributed by atoms with E-state index in [4.69, 9.17) is 4.74 Å². The largest absolute Gasteiger partial charge is 0.489 e. The van der Waals surface area contributed by atoms with Gasteiger partial charge in [-0.15, -0.1) is 0 Å². The zero-order chi connectivity index (χ0) is 23.3. The lowest BCUT2D eigenvalue weighted by atomic mass is 10.1. The molecule has 6 heteroatoms. The lowest BCUT2D eigenvalue weighted by Gasteiger charge is -2.09. The molecule has 5 rings (SSSR count). The molecule has 0 atom stereocenters. The molecule has 0 bridgehead atoms. The molecule has 0 aliphatic heterocycles. The summed E-state index contributed by atoms with van der Waals surface area (Å²) in [6.07, 6.45) is 1.75. The molecule has 0 unspecified atom stereocenters. The van der Waals surface area contributed by atoms with Gasteiger partial charge in [0.05, 0.1) is 22.9 Å². The first-order valence-electron chi connectivity index (χ1n) is 10.7. The third-order valence-electron chi connectivity index (χ3n) is 5.30. The van der Waals surface area contributed by atoms with Crippen molar-refractivity contribution in [1.29, 1.82) is 0 Å². The van der Waals surface area contributed by atoms with Crippen LogP contribution in [0.4, 0.5) is 5.69 Å². The Morgan fingerprint density at radius 2 is 1.62 bits per heavy atom. The van der Waals surface area contributed by atoms with Crippen molar-refractivity contribution in [3.63, 3.8) is 0 Å². The minimum Gasteiger partial charge on any atom is -0.489 e. The first kappa shape index (κ1) is 21.8. The van der Waals surface area contributed by atoms with Gasteiger partial charge in [-0.3, -0.25) is 9.78 Å². The maximum Gasteiger partial charge on any atom is 0.255 e. The fraction of sp³-hybridized carbons (Fsp3) is 0.0357. The Morgan fingerprint density at radius 1 is 0.853 bits per heavy atom. The summed E-state index contributed by atoms with van der Waals surface area (Å²) >= 11 is 3.41. The van der Waals surface area contributed by atoms with E-state index in [1.165, 1.54) is 0 Å². The highest BCUT2D eigenvalue weighted by Gasteiger charge is 2.09. The fourth-order valence-electron chi connectivity index (χ4n) is 3.51. The van der Waals surface area contributed by atoms with Crippen molar-refractivity contribution < 1.29 is 9.53 Å². The predicted molar refractivity (Wildman–Crippen MR) is 138 cm³/mol. The molecule has 0 saturated carbocycles. The zero-order valence-corrected chi connectivity index (χ0v) is 19.7. The lowest BCUT2D eigenvalue weighted by Crippen LogP contribution is -2.12. The molecule has 1 N–H and O–H groups in total. The number of benzene rings is 4. The van der Waals surface area contributed by atoms with Gasteiger partial charge in [0, 0.05) is 21.3 Å². The summed E-state index contributed by atoms with van der Waals surface area (Å²) in [7, 11) is 0. The van der Waals surface area contributed by atoms with Gasteiger partial charge in [-0.2, -0.15) is 0 Å². The number of anilines is 1. The number of amides is 1. The Morgan fingerprint density at radius 3 is 2.41 bits per heavy atom. The third-order valence-corrected chi connectivity index (χ3v) is 5.83. The van der Waals surface area contributed by atoms with Crippen molar-refractivity contribution in [2.45, 2.75) is 6.61 Å². The van der Waals surface area contributed by atoms with E-state index in [1.807, 2.05) is 84.9 Å². The van der Waals surface area contributed by atoms with Crippen LogP contribution >= 0.6 is 15.9 Å². The molecule has 1 heterocycles. The van der Waals surface area contributed by atoms with Crippen molar-refractivity contribution in [2.24, 2.45) is 0 Å². The van der Waals surface area contributed by atoms with Crippen LogP contribution in [0.25, 0.3) is 22.3 Å². The zero-order valence-electron chi connectivity index (χ0n) is 18.1. The van der Waals surface area contributed by atoms with Gasteiger partial charge in [0.2, 0.25) is 0 Å². The Balaban J connectivity index is 1.25. The number of carbonyl (C=O) groups excluding carboxylic acids is 1. The number of halogens is 1. The van der Waals surface area contributed by atoms with E-state index in [9.17, 15) is 4.79 Å². The van der Waals surface area contributed by atoms with Crippen LogP contribution in [0.15, 0.2) is 108 Å². The number of rotatable bonds is 6. The SMILES string of the molecule is O=C(Nc1cccc(-c2cnc3ccccc3n2)c1)c1ccc(COc2ccc(Br)cc2)cc1. The number of para-hydroxylation sites is 2. The van der Waals surface area contributed by atoms with Crippen LogP contribution < -0.4 is 10.1 Å². The monoisotopic (exact) mass is 509 g/mol. The van der Waals surface area contributed by atoms with Gasteiger partial charge in [0.1, 0.15) is 12.4 Å².